The molecule has 0 spiro atoms. The van der Waals surface area contributed by atoms with E-state index >= 15 is 0 Å². The van der Waals surface area contributed by atoms with Crippen LogP contribution in [0, 0.1) is 0 Å². The summed E-state index contributed by atoms with van der Waals surface area (Å²) in [5.74, 6) is 0.0885. The molecule has 1 aromatic carbocycles. The Morgan fingerprint density at radius 3 is 2.72 bits per heavy atom. The van der Waals surface area contributed by atoms with Gasteiger partial charge in [-0.05, 0) is 24.6 Å². The Labute approximate surface area is 115 Å². The monoisotopic (exact) mass is 286 g/mol. The van der Waals surface area contributed by atoms with Crippen molar-refractivity contribution in [3.63, 3.8) is 0 Å². The van der Waals surface area contributed by atoms with E-state index in [1.54, 1.807) is 18.2 Å². The summed E-state index contributed by atoms with van der Waals surface area (Å²) in [6.45, 7) is 0.770. The largest absolute Gasteiger partial charge is 0.322 e. The van der Waals surface area contributed by atoms with Gasteiger partial charge in [0.2, 0.25) is 0 Å². The van der Waals surface area contributed by atoms with Crippen LogP contribution >= 0.6 is 23.2 Å². The van der Waals surface area contributed by atoms with Gasteiger partial charge in [0, 0.05) is 18.7 Å². The highest BCUT2D eigenvalue weighted by Gasteiger charge is 2.21. The fourth-order valence-corrected chi connectivity index (χ4v) is 2.09. The molecule has 1 aliphatic heterocycles. The van der Waals surface area contributed by atoms with E-state index in [-0.39, 0.29) is 18.4 Å². The van der Waals surface area contributed by atoms with Crippen LogP contribution in [0.25, 0.3) is 0 Å². The highest BCUT2D eigenvalue weighted by atomic mass is 35.5. The first-order valence-corrected chi connectivity index (χ1v) is 6.34. The molecule has 0 aliphatic carbocycles. The molecule has 1 saturated heterocycles. The summed E-state index contributed by atoms with van der Waals surface area (Å²) in [6.07, 6.45) is 1.27. The number of likely N-dealkylation sites (tertiary alicyclic amines) is 1. The number of halogens is 2. The maximum absolute atomic E-state index is 11.9. The van der Waals surface area contributed by atoms with Crippen LogP contribution in [-0.2, 0) is 4.79 Å². The van der Waals surface area contributed by atoms with Crippen molar-refractivity contribution >= 4 is 40.7 Å². The van der Waals surface area contributed by atoms with Gasteiger partial charge in [-0.3, -0.25) is 4.79 Å². The molecule has 4 nitrogen and oxygen atoms in total. The first-order valence-electron chi connectivity index (χ1n) is 5.59. The minimum atomic E-state index is -0.290. The van der Waals surface area contributed by atoms with E-state index < -0.39 is 0 Å². The lowest BCUT2D eigenvalue weighted by Gasteiger charge is -2.26. The van der Waals surface area contributed by atoms with E-state index in [1.807, 2.05) is 0 Å². The molecule has 0 saturated carbocycles. The van der Waals surface area contributed by atoms with E-state index in [1.165, 1.54) is 4.90 Å². The first kappa shape index (κ1) is 13.2. The van der Waals surface area contributed by atoms with Gasteiger partial charge in [0.05, 0.1) is 16.6 Å². The fraction of sp³-hybridized carbons (Fsp3) is 0.333. The molecule has 0 radical (unpaired) electrons. The van der Waals surface area contributed by atoms with Gasteiger partial charge < -0.3 is 10.2 Å². The molecule has 1 fully saturated rings. The molecule has 0 aromatic heterocycles. The summed E-state index contributed by atoms with van der Waals surface area (Å²) in [5.41, 5.74) is 0.562. The topological polar surface area (TPSA) is 49.4 Å². The predicted molar refractivity (Wildman–Crippen MR) is 71.3 cm³/mol. The summed E-state index contributed by atoms with van der Waals surface area (Å²) in [7, 11) is 0. The molecule has 2 rings (SSSR count). The fourth-order valence-electron chi connectivity index (χ4n) is 1.79. The Bertz CT molecular complexity index is 491. The van der Waals surface area contributed by atoms with E-state index in [9.17, 15) is 9.59 Å². The van der Waals surface area contributed by atoms with Gasteiger partial charge >= 0.3 is 6.03 Å². The van der Waals surface area contributed by atoms with Crippen LogP contribution in [0.1, 0.15) is 12.8 Å². The number of carbonyl (C=O) groups is 2. The SMILES string of the molecule is O=C1CCCN(C(=O)Nc2ccc(Cl)c(Cl)c2)C1. The van der Waals surface area contributed by atoms with E-state index in [0.29, 0.717) is 35.1 Å². The molecule has 1 N–H and O–H groups in total. The van der Waals surface area contributed by atoms with Gasteiger partial charge in [0.25, 0.3) is 0 Å². The second-order valence-corrected chi connectivity index (χ2v) is 4.94. The third-order valence-corrected chi connectivity index (χ3v) is 3.45. The van der Waals surface area contributed by atoms with Crippen molar-refractivity contribution in [2.24, 2.45) is 0 Å². The smallest absolute Gasteiger partial charge is 0.317 e. The quantitative estimate of drug-likeness (QED) is 0.862. The summed E-state index contributed by atoms with van der Waals surface area (Å²) < 4.78 is 0. The maximum atomic E-state index is 11.9. The third kappa shape index (κ3) is 3.15. The molecule has 6 heteroatoms. The number of nitrogens with one attached hydrogen (secondary N) is 1. The molecule has 1 aromatic rings. The molecule has 1 aliphatic rings. The number of rotatable bonds is 1. The minimum absolute atomic E-state index is 0.0885. The molecule has 1 heterocycles. The number of amides is 2. The number of Topliss-reactive ketones (excluding diaryl/α,β-unsaturated/α-hetero) is 1. The number of hydrogen-bond donors (Lipinski definition) is 1. The Hall–Kier alpha value is -1.26. The molecule has 96 valence electrons. The Balaban J connectivity index is 2.02. The Kier molecular flexibility index (Phi) is 4.09. The van der Waals surface area contributed by atoms with Crippen LogP contribution < -0.4 is 5.32 Å². The van der Waals surface area contributed by atoms with Gasteiger partial charge in [-0.25, -0.2) is 4.79 Å². The molecule has 18 heavy (non-hydrogen) atoms. The second-order valence-electron chi connectivity index (χ2n) is 4.12. The van der Waals surface area contributed by atoms with Gasteiger partial charge in [0.15, 0.2) is 5.78 Å². The average Bonchev–Trinajstić information content (AvgIpc) is 2.34. The summed E-state index contributed by atoms with van der Waals surface area (Å²) in [4.78, 5) is 24.7. The van der Waals surface area contributed by atoms with Crippen LogP contribution in [-0.4, -0.2) is 29.8 Å². The summed E-state index contributed by atoms with van der Waals surface area (Å²) in [6, 6.07) is 4.56. The average molecular weight is 287 g/mol. The Morgan fingerprint density at radius 2 is 2.06 bits per heavy atom. The Morgan fingerprint density at radius 1 is 1.28 bits per heavy atom. The number of hydrogen-bond acceptors (Lipinski definition) is 2. The zero-order valence-corrected chi connectivity index (χ0v) is 11.1. The van der Waals surface area contributed by atoms with Crippen LogP contribution in [0.2, 0.25) is 10.0 Å². The zero-order chi connectivity index (χ0) is 13.1. The number of urea groups is 1. The van der Waals surface area contributed by atoms with Crippen LogP contribution in [0.3, 0.4) is 0 Å². The lowest BCUT2D eigenvalue weighted by molar-refractivity contribution is -0.121. The standard InChI is InChI=1S/C12H12Cl2N2O2/c13-10-4-3-8(6-11(10)14)15-12(18)16-5-1-2-9(17)7-16/h3-4,6H,1-2,5,7H2,(H,15,18). The minimum Gasteiger partial charge on any atom is -0.317 e. The number of piperidine rings is 1. The van der Waals surface area contributed by atoms with Gasteiger partial charge in [-0.1, -0.05) is 23.2 Å². The highest BCUT2D eigenvalue weighted by molar-refractivity contribution is 6.42. The molecule has 2 amide bonds. The molecular weight excluding hydrogens is 275 g/mol. The van der Waals surface area contributed by atoms with Gasteiger partial charge in [-0.2, -0.15) is 0 Å². The van der Waals surface area contributed by atoms with Crippen molar-refractivity contribution in [3.8, 4) is 0 Å². The predicted octanol–water partition coefficient (Wildman–Crippen LogP) is 3.19. The second kappa shape index (κ2) is 5.59. The number of carbonyl (C=O) groups excluding carboxylic acids is 2. The highest BCUT2D eigenvalue weighted by Crippen LogP contribution is 2.25. The lowest BCUT2D eigenvalue weighted by atomic mass is 10.1. The number of benzene rings is 1. The normalized spacial score (nSPS) is 15.7. The van der Waals surface area contributed by atoms with Crippen molar-refractivity contribution in [1.29, 1.82) is 0 Å². The first-order chi connectivity index (χ1) is 8.56. The number of anilines is 1. The van der Waals surface area contributed by atoms with E-state index in [4.69, 9.17) is 23.2 Å². The van der Waals surface area contributed by atoms with Gasteiger partial charge in [-0.15, -0.1) is 0 Å². The van der Waals surface area contributed by atoms with Crippen molar-refractivity contribution in [2.45, 2.75) is 12.8 Å². The molecule has 0 bridgehead atoms. The van der Waals surface area contributed by atoms with Crippen LogP contribution in [0.15, 0.2) is 18.2 Å². The molecule has 0 atom stereocenters. The van der Waals surface area contributed by atoms with Crippen LogP contribution in [0.4, 0.5) is 10.5 Å². The van der Waals surface area contributed by atoms with Crippen molar-refractivity contribution in [2.75, 3.05) is 18.4 Å². The molecule has 0 unspecified atom stereocenters. The number of nitrogens with zero attached hydrogens (tertiary/aromatic N) is 1. The van der Waals surface area contributed by atoms with Crippen molar-refractivity contribution < 1.29 is 9.59 Å². The number of ketones is 1. The van der Waals surface area contributed by atoms with Gasteiger partial charge in [0.1, 0.15) is 0 Å². The van der Waals surface area contributed by atoms with E-state index in [2.05, 4.69) is 5.32 Å². The lowest BCUT2D eigenvalue weighted by Crippen LogP contribution is -2.42. The van der Waals surface area contributed by atoms with Crippen molar-refractivity contribution in [1.82, 2.24) is 4.90 Å². The summed E-state index contributed by atoms with van der Waals surface area (Å²) in [5, 5.41) is 3.50. The van der Waals surface area contributed by atoms with Crippen molar-refractivity contribution in [3.05, 3.63) is 28.2 Å². The summed E-state index contributed by atoms with van der Waals surface area (Å²) >= 11 is 11.6. The zero-order valence-electron chi connectivity index (χ0n) is 9.58. The van der Waals surface area contributed by atoms with E-state index in [0.717, 1.165) is 0 Å². The third-order valence-electron chi connectivity index (χ3n) is 2.71. The molecular formula is C12H12Cl2N2O2. The maximum Gasteiger partial charge on any atom is 0.322 e. The van der Waals surface area contributed by atoms with Crippen LogP contribution in [0.5, 0.6) is 0 Å².